The maximum absolute atomic E-state index is 11.6. The summed E-state index contributed by atoms with van der Waals surface area (Å²) in [5.74, 6) is 1.07. The van der Waals surface area contributed by atoms with Crippen LogP contribution in [0.25, 0.3) is 10.6 Å². The van der Waals surface area contributed by atoms with E-state index in [0.29, 0.717) is 18.7 Å². The summed E-state index contributed by atoms with van der Waals surface area (Å²) >= 11 is 1.70. The van der Waals surface area contributed by atoms with Crippen LogP contribution in [0.3, 0.4) is 0 Å². The highest BCUT2D eigenvalue weighted by Crippen LogP contribution is 2.34. The number of morpholine rings is 1. The summed E-state index contributed by atoms with van der Waals surface area (Å²) in [5.41, 5.74) is 2.26. The first-order chi connectivity index (χ1) is 14.2. The molecular weight excluding hydrogens is 386 g/mol. The lowest BCUT2D eigenvalue weighted by molar-refractivity contribution is -0.129. The van der Waals surface area contributed by atoms with E-state index < -0.39 is 0 Å². The number of rotatable bonds is 4. The third kappa shape index (κ3) is 4.04. The van der Waals surface area contributed by atoms with Crippen LogP contribution in [0.5, 0.6) is 5.75 Å². The Labute approximate surface area is 175 Å². The van der Waals surface area contributed by atoms with E-state index in [1.54, 1.807) is 18.3 Å². The van der Waals surface area contributed by atoms with E-state index in [1.165, 1.54) is 4.88 Å². The van der Waals surface area contributed by atoms with Crippen molar-refractivity contribution in [1.29, 1.82) is 0 Å². The lowest BCUT2D eigenvalue weighted by Gasteiger charge is -2.44. The van der Waals surface area contributed by atoms with Crippen LogP contribution in [0.15, 0.2) is 24.3 Å². The van der Waals surface area contributed by atoms with Gasteiger partial charge in [0.1, 0.15) is 16.9 Å². The van der Waals surface area contributed by atoms with Gasteiger partial charge in [0.2, 0.25) is 5.91 Å². The number of carbonyl (C=O) groups excluding carboxylic acids is 1. The monoisotopic (exact) mass is 413 g/mol. The molecule has 7 heteroatoms. The number of nitrogens with zero attached hydrogens (tertiary/aromatic N) is 3. The summed E-state index contributed by atoms with van der Waals surface area (Å²) < 4.78 is 11.6. The van der Waals surface area contributed by atoms with Gasteiger partial charge in [-0.15, -0.1) is 11.3 Å². The summed E-state index contributed by atoms with van der Waals surface area (Å²) in [5, 5.41) is 1.03. The molecule has 0 unspecified atom stereocenters. The molecule has 5 rings (SSSR count). The molecule has 1 saturated carbocycles. The number of carbonyl (C=O) groups is 1. The second kappa shape index (κ2) is 8.05. The van der Waals surface area contributed by atoms with Gasteiger partial charge in [-0.1, -0.05) is 0 Å². The summed E-state index contributed by atoms with van der Waals surface area (Å²) in [6.45, 7) is 6.91. The number of amides is 1. The van der Waals surface area contributed by atoms with Gasteiger partial charge in [-0.2, -0.15) is 0 Å². The van der Waals surface area contributed by atoms with E-state index >= 15 is 0 Å². The van der Waals surface area contributed by atoms with Gasteiger partial charge in [0.05, 0.1) is 25.5 Å². The number of thiazole rings is 1. The third-order valence-electron chi connectivity index (χ3n) is 6.21. The number of aromatic nitrogens is 1. The van der Waals surface area contributed by atoms with Gasteiger partial charge in [-0.05, 0) is 24.3 Å². The van der Waals surface area contributed by atoms with Gasteiger partial charge in [-0.25, -0.2) is 4.98 Å². The van der Waals surface area contributed by atoms with Crippen molar-refractivity contribution >= 4 is 17.2 Å². The van der Waals surface area contributed by atoms with Crippen molar-refractivity contribution < 1.29 is 14.3 Å². The molecule has 1 aromatic heterocycles. The zero-order valence-corrected chi connectivity index (χ0v) is 17.6. The highest BCUT2D eigenvalue weighted by molar-refractivity contribution is 7.15. The molecule has 6 nitrogen and oxygen atoms in total. The summed E-state index contributed by atoms with van der Waals surface area (Å²) in [7, 11) is 0. The fourth-order valence-electron chi connectivity index (χ4n) is 4.33. The van der Waals surface area contributed by atoms with Crippen LogP contribution in [0.1, 0.15) is 30.3 Å². The quantitative estimate of drug-likeness (QED) is 0.771. The first-order valence-electron chi connectivity index (χ1n) is 10.5. The lowest BCUT2D eigenvalue weighted by atomic mass is 9.87. The van der Waals surface area contributed by atoms with Crippen LogP contribution >= 0.6 is 11.3 Å². The van der Waals surface area contributed by atoms with Gasteiger partial charge >= 0.3 is 0 Å². The number of benzene rings is 1. The maximum Gasteiger partial charge on any atom is 0.219 e. The van der Waals surface area contributed by atoms with E-state index in [-0.39, 0.29) is 5.91 Å². The Morgan fingerprint density at radius 2 is 1.93 bits per heavy atom. The van der Waals surface area contributed by atoms with E-state index in [1.807, 2.05) is 4.90 Å². The SMILES string of the molecule is CC(=O)N1CCc2nc(-c3ccc(OC4CC(N5CCOCC5)C4)cc3)sc2C1. The predicted octanol–water partition coefficient (Wildman–Crippen LogP) is 2.96. The topological polar surface area (TPSA) is 54.9 Å². The maximum atomic E-state index is 11.6. The molecule has 2 aromatic rings. The molecule has 1 aromatic carbocycles. The normalized spacial score (nSPS) is 24.7. The Kier molecular flexibility index (Phi) is 5.28. The fourth-order valence-corrected chi connectivity index (χ4v) is 5.46. The van der Waals surface area contributed by atoms with Crippen LogP contribution in [0, 0.1) is 0 Å². The first kappa shape index (κ1) is 19.0. The van der Waals surface area contributed by atoms with E-state index in [4.69, 9.17) is 14.5 Å². The lowest BCUT2D eigenvalue weighted by Crippen LogP contribution is -2.52. The summed E-state index contributed by atoms with van der Waals surface area (Å²) in [6, 6.07) is 8.96. The Bertz CT molecular complexity index is 870. The molecular formula is C22H27N3O3S. The van der Waals surface area contributed by atoms with Gasteiger partial charge in [0.15, 0.2) is 0 Å². The first-order valence-corrected chi connectivity index (χ1v) is 11.3. The van der Waals surface area contributed by atoms with Crippen LogP contribution < -0.4 is 4.74 Å². The Hall–Kier alpha value is -1.96. The second-order valence-electron chi connectivity index (χ2n) is 8.12. The van der Waals surface area contributed by atoms with Crippen molar-refractivity contribution in [2.24, 2.45) is 0 Å². The standard InChI is InChI=1S/C22H27N3O3S/c1-15(26)25-7-6-20-21(14-25)29-22(23-20)16-2-4-18(5-3-16)28-19-12-17(13-19)24-8-10-27-11-9-24/h2-5,17,19H,6-14H2,1H3. The average molecular weight is 414 g/mol. The van der Waals surface area contributed by atoms with E-state index in [2.05, 4.69) is 29.2 Å². The van der Waals surface area contributed by atoms with Crippen LogP contribution in [-0.4, -0.2) is 65.7 Å². The van der Waals surface area contributed by atoms with Crippen molar-refractivity contribution in [2.45, 2.75) is 44.9 Å². The molecule has 1 saturated heterocycles. The van der Waals surface area contributed by atoms with Gasteiger partial charge in [0, 0.05) is 62.3 Å². The van der Waals surface area contributed by atoms with Gasteiger partial charge < -0.3 is 14.4 Å². The van der Waals surface area contributed by atoms with Crippen molar-refractivity contribution in [2.75, 3.05) is 32.8 Å². The van der Waals surface area contributed by atoms with Crippen molar-refractivity contribution in [3.05, 3.63) is 34.8 Å². The number of hydrogen-bond donors (Lipinski definition) is 0. The van der Waals surface area contributed by atoms with Crippen molar-refractivity contribution in [1.82, 2.24) is 14.8 Å². The molecule has 2 aliphatic heterocycles. The Morgan fingerprint density at radius 3 is 2.66 bits per heavy atom. The molecule has 0 spiro atoms. The number of hydrogen-bond acceptors (Lipinski definition) is 6. The highest BCUT2D eigenvalue weighted by atomic mass is 32.1. The highest BCUT2D eigenvalue weighted by Gasteiger charge is 2.35. The molecule has 3 heterocycles. The average Bonchev–Trinajstić information content (AvgIpc) is 3.15. The number of fused-ring (bicyclic) bond motifs is 1. The minimum atomic E-state index is 0.138. The van der Waals surface area contributed by atoms with Crippen LogP contribution in [0.4, 0.5) is 0 Å². The Morgan fingerprint density at radius 1 is 1.17 bits per heavy atom. The molecule has 154 valence electrons. The Balaban J connectivity index is 1.18. The zero-order chi connectivity index (χ0) is 19.8. The summed E-state index contributed by atoms with van der Waals surface area (Å²) in [4.78, 5) is 22.1. The smallest absolute Gasteiger partial charge is 0.219 e. The van der Waals surface area contributed by atoms with Crippen molar-refractivity contribution in [3.63, 3.8) is 0 Å². The van der Waals surface area contributed by atoms with E-state index in [0.717, 1.165) is 74.1 Å². The molecule has 0 radical (unpaired) electrons. The zero-order valence-electron chi connectivity index (χ0n) is 16.8. The fraction of sp³-hybridized carbons (Fsp3) is 0.545. The minimum absolute atomic E-state index is 0.138. The molecule has 3 aliphatic rings. The molecule has 1 aliphatic carbocycles. The second-order valence-corrected chi connectivity index (χ2v) is 9.20. The third-order valence-corrected chi connectivity index (χ3v) is 7.34. The predicted molar refractivity (Wildman–Crippen MR) is 112 cm³/mol. The molecule has 2 fully saturated rings. The molecule has 0 bridgehead atoms. The largest absolute Gasteiger partial charge is 0.490 e. The molecule has 0 atom stereocenters. The van der Waals surface area contributed by atoms with Crippen LogP contribution in [-0.2, 0) is 22.5 Å². The van der Waals surface area contributed by atoms with E-state index in [9.17, 15) is 4.79 Å². The molecule has 0 N–H and O–H groups in total. The van der Waals surface area contributed by atoms with Crippen molar-refractivity contribution in [3.8, 4) is 16.3 Å². The molecule has 29 heavy (non-hydrogen) atoms. The summed E-state index contributed by atoms with van der Waals surface area (Å²) in [6.07, 6.45) is 3.37. The van der Waals surface area contributed by atoms with Gasteiger partial charge in [-0.3, -0.25) is 9.69 Å². The van der Waals surface area contributed by atoms with Gasteiger partial charge in [0.25, 0.3) is 0 Å². The number of ether oxygens (including phenoxy) is 2. The molecule has 1 amide bonds. The van der Waals surface area contributed by atoms with Crippen LogP contribution in [0.2, 0.25) is 0 Å². The minimum Gasteiger partial charge on any atom is -0.490 e.